The van der Waals surface area contributed by atoms with E-state index in [1.807, 2.05) is 6.92 Å². The van der Waals surface area contributed by atoms with E-state index >= 15 is 0 Å². The van der Waals surface area contributed by atoms with Crippen molar-refractivity contribution in [2.24, 2.45) is 0 Å². The zero-order valence-corrected chi connectivity index (χ0v) is 16.6. The SMILES string of the molecule is CCOc1ccc(N(C)c2ncc(C(F)(F)F)c(N(C)c3ccc(F)cc3)n2)cc1. The van der Waals surface area contributed by atoms with Gasteiger partial charge in [0.2, 0.25) is 5.95 Å². The molecule has 2 aromatic carbocycles. The van der Waals surface area contributed by atoms with Crippen LogP contribution in [0, 0.1) is 5.82 Å². The molecule has 9 heteroatoms. The molecular weight excluding hydrogens is 400 g/mol. The summed E-state index contributed by atoms with van der Waals surface area (Å²) in [5.41, 5.74) is 0.0436. The van der Waals surface area contributed by atoms with Gasteiger partial charge in [-0.2, -0.15) is 18.2 Å². The molecule has 0 atom stereocenters. The smallest absolute Gasteiger partial charge is 0.421 e. The Morgan fingerprint density at radius 2 is 1.47 bits per heavy atom. The summed E-state index contributed by atoms with van der Waals surface area (Å²) in [6.45, 7) is 2.39. The molecule has 0 N–H and O–H groups in total. The summed E-state index contributed by atoms with van der Waals surface area (Å²) in [6.07, 6.45) is -3.90. The van der Waals surface area contributed by atoms with E-state index in [-0.39, 0.29) is 11.8 Å². The van der Waals surface area contributed by atoms with Gasteiger partial charge in [-0.15, -0.1) is 0 Å². The molecule has 0 unspecified atom stereocenters. The molecule has 0 saturated heterocycles. The van der Waals surface area contributed by atoms with E-state index < -0.39 is 17.6 Å². The number of anilines is 4. The maximum Gasteiger partial charge on any atom is 0.421 e. The Bertz CT molecular complexity index is 991. The minimum absolute atomic E-state index is 0.0797. The fraction of sp³-hybridized carbons (Fsp3) is 0.238. The first-order chi connectivity index (χ1) is 14.2. The van der Waals surface area contributed by atoms with Crippen LogP contribution in [0.25, 0.3) is 0 Å². The van der Waals surface area contributed by atoms with Crippen molar-refractivity contribution in [1.29, 1.82) is 0 Å². The van der Waals surface area contributed by atoms with E-state index in [0.717, 1.165) is 6.20 Å². The van der Waals surface area contributed by atoms with Crippen molar-refractivity contribution in [2.75, 3.05) is 30.5 Å². The predicted molar refractivity (Wildman–Crippen MR) is 107 cm³/mol. The van der Waals surface area contributed by atoms with Crippen LogP contribution in [0.1, 0.15) is 12.5 Å². The van der Waals surface area contributed by atoms with Crippen LogP contribution in [0.15, 0.2) is 54.7 Å². The first-order valence-electron chi connectivity index (χ1n) is 9.11. The molecule has 0 spiro atoms. The summed E-state index contributed by atoms with van der Waals surface area (Å²) in [5.74, 6) is -0.0606. The molecule has 0 fully saturated rings. The second-order valence-corrected chi connectivity index (χ2v) is 6.43. The van der Waals surface area contributed by atoms with Gasteiger partial charge in [0.25, 0.3) is 0 Å². The van der Waals surface area contributed by atoms with E-state index in [4.69, 9.17) is 4.74 Å². The first-order valence-corrected chi connectivity index (χ1v) is 9.11. The Kier molecular flexibility index (Phi) is 6.09. The zero-order chi connectivity index (χ0) is 21.9. The summed E-state index contributed by atoms with van der Waals surface area (Å²) >= 11 is 0. The molecule has 0 saturated carbocycles. The fourth-order valence-electron chi connectivity index (χ4n) is 2.82. The summed E-state index contributed by atoms with van der Waals surface area (Å²) < 4.78 is 59.3. The monoisotopic (exact) mass is 420 g/mol. The van der Waals surface area contributed by atoms with Gasteiger partial charge in [0.05, 0.1) is 6.61 Å². The number of ether oxygens (including phenoxy) is 1. The quantitative estimate of drug-likeness (QED) is 0.488. The summed E-state index contributed by atoms with van der Waals surface area (Å²) in [7, 11) is 3.09. The van der Waals surface area contributed by atoms with Crippen LogP contribution in [-0.2, 0) is 6.18 Å². The Morgan fingerprint density at radius 3 is 2.03 bits per heavy atom. The molecule has 0 aliphatic heterocycles. The average molecular weight is 420 g/mol. The van der Waals surface area contributed by atoms with Gasteiger partial charge in [-0.25, -0.2) is 9.37 Å². The van der Waals surface area contributed by atoms with Crippen molar-refractivity contribution >= 4 is 23.1 Å². The van der Waals surface area contributed by atoms with E-state index in [1.165, 1.54) is 36.2 Å². The second kappa shape index (κ2) is 8.56. The third-order valence-electron chi connectivity index (χ3n) is 4.43. The molecule has 0 aliphatic rings. The highest BCUT2D eigenvalue weighted by atomic mass is 19.4. The van der Waals surface area contributed by atoms with Crippen LogP contribution >= 0.6 is 0 Å². The fourth-order valence-corrected chi connectivity index (χ4v) is 2.82. The Balaban J connectivity index is 2.00. The topological polar surface area (TPSA) is 41.5 Å². The van der Waals surface area contributed by atoms with Gasteiger partial charge in [-0.3, -0.25) is 0 Å². The van der Waals surface area contributed by atoms with Crippen LogP contribution in [0.4, 0.5) is 40.7 Å². The lowest BCUT2D eigenvalue weighted by molar-refractivity contribution is -0.137. The van der Waals surface area contributed by atoms with Crippen molar-refractivity contribution < 1.29 is 22.3 Å². The molecular formula is C21H20F4N4O. The number of aromatic nitrogens is 2. The van der Waals surface area contributed by atoms with Crippen molar-refractivity contribution in [3.05, 3.63) is 66.1 Å². The maximum absolute atomic E-state index is 13.6. The predicted octanol–water partition coefficient (Wildman–Crippen LogP) is 5.57. The van der Waals surface area contributed by atoms with Gasteiger partial charge in [-0.05, 0) is 55.5 Å². The molecule has 158 valence electrons. The van der Waals surface area contributed by atoms with E-state index in [2.05, 4.69) is 9.97 Å². The second-order valence-electron chi connectivity index (χ2n) is 6.43. The van der Waals surface area contributed by atoms with E-state index in [1.54, 1.807) is 36.2 Å². The van der Waals surface area contributed by atoms with Gasteiger partial charge < -0.3 is 14.5 Å². The van der Waals surface area contributed by atoms with E-state index in [9.17, 15) is 17.6 Å². The lowest BCUT2D eigenvalue weighted by Crippen LogP contribution is -2.21. The molecule has 3 rings (SSSR count). The standard InChI is InChI=1S/C21H20F4N4O/c1-4-30-17-11-9-16(10-12-17)29(3)20-26-13-18(21(23,24)25)19(27-20)28(2)15-7-5-14(22)6-8-15/h5-13H,4H2,1-3H3. The molecule has 0 bridgehead atoms. The molecule has 30 heavy (non-hydrogen) atoms. The highest BCUT2D eigenvalue weighted by Crippen LogP contribution is 2.38. The Labute approximate surface area is 171 Å². The molecule has 1 heterocycles. The van der Waals surface area contributed by atoms with Crippen molar-refractivity contribution in [3.8, 4) is 5.75 Å². The number of hydrogen-bond acceptors (Lipinski definition) is 5. The number of hydrogen-bond donors (Lipinski definition) is 0. The Hall–Kier alpha value is -3.36. The van der Waals surface area contributed by atoms with Gasteiger partial charge in [0.15, 0.2) is 5.82 Å². The minimum atomic E-state index is -4.65. The van der Waals surface area contributed by atoms with Crippen molar-refractivity contribution in [3.63, 3.8) is 0 Å². The van der Waals surface area contributed by atoms with Gasteiger partial charge in [0.1, 0.15) is 17.1 Å². The van der Waals surface area contributed by atoms with Crippen molar-refractivity contribution in [1.82, 2.24) is 9.97 Å². The third kappa shape index (κ3) is 4.61. The van der Waals surface area contributed by atoms with Crippen LogP contribution in [0.2, 0.25) is 0 Å². The maximum atomic E-state index is 13.6. The van der Waals surface area contributed by atoms with E-state index in [0.29, 0.717) is 23.7 Å². The molecule has 3 aromatic rings. The largest absolute Gasteiger partial charge is 0.494 e. The Morgan fingerprint density at radius 1 is 0.900 bits per heavy atom. The highest BCUT2D eigenvalue weighted by molar-refractivity contribution is 5.65. The number of benzene rings is 2. The highest BCUT2D eigenvalue weighted by Gasteiger charge is 2.37. The minimum Gasteiger partial charge on any atom is -0.494 e. The molecule has 1 aromatic heterocycles. The number of halogens is 4. The first kappa shape index (κ1) is 21.4. The van der Waals surface area contributed by atoms with Gasteiger partial charge in [0, 0.05) is 31.7 Å². The van der Waals surface area contributed by atoms with Crippen LogP contribution < -0.4 is 14.5 Å². The van der Waals surface area contributed by atoms with Crippen LogP contribution in [0.3, 0.4) is 0 Å². The molecule has 5 nitrogen and oxygen atoms in total. The average Bonchev–Trinajstić information content (AvgIpc) is 2.73. The number of rotatable bonds is 6. The lowest BCUT2D eigenvalue weighted by atomic mass is 10.2. The molecule has 0 amide bonds. The lowest BCUT2D eigenvalue weighted by Gasteiger charge is -2.25. The van der Waals surface area contributed by atoms with Gasteiger partial charge >= 0.3 is 6.18 Å². The molecule has 0 aliphatic carbocycles. The van der Waals surface area contributed by atoms with Crippen LogP contribution in [0.5, 0.6) is 5.75 Å². The van der Waals surface area contributed by atoms with Gasteiger partial charge in [-0.1, -0.05) is 0 Å². The summed E-state index contributed by atoms with van der Waals surface area (Å²) in [5, 5.41) is 0. The zero-order valence-electron chi connectivity index (χ0n) is 16.6. The van der Waals surface area contributed by atoms with Crippen molar-refractivity contribution in [2.45, 2.75) is 13.1 Å². The normalized spacial score (nSPS) is 11.3. The summed E-state index contributed by atoms with van der Waals surface area (Å²) in [4.78, 5) is 10.9. The molecule has 0 radical (unpaired) electrons. The third-order valence-corrected chi connectivity index (χ3v) is 4.43. The number of alkyl halides is 3. The number of nitrogens with zero attached hydrogens (tertiary/aromatic N) is 4. The summed E-state index contributed by atoms with van der Waals surface area (Å²) in [6, 6.07) is 12.1. The van der Waals surface area contributed by atoms with Crippen LogP contribution in [-0.4, -0.2) is 30.7 Å².